The molecular weight excluding hydrogens is 370 g/mol. The fourth-order valence-electron chi connectivity index (χ4n) is 2.61. The van der Waals surface area contributed by atoms with Gasteiger partial charge in [0.1, 0.15) is 6.54 Å². The van der Waals surface area contributed by atoms with E-state index in [0.29, 0.717) is 11.3 Å². The van der Waals surface area contributed by atoms with Crippen molar-refractivity contribution in [3.8, 4) is 5.88 Å². The molecule has 0 unspecified atom stereocenters. The largest absolute Gasteiger partial charge is 0.493 e. The van der Waals surface area contributed by atoms with Crippen molar-refractivity contribution >= 4 is 46.8 Å². The van der Waals surface area contributed by atoms with Crippen LogP contribution in [0, 0.1) is 0 Å². The summed E-state index contributed by atoms with van der Waals surface area (Å²) in [6, 6.07) is 7.52. The first-order valence-corrected chi connectivity index (χ1v) is 9.03. The van der Waals surface area contributed by atoms with Gasteiger partial charge in [-0.25, -0.2) is 0 Å². The van der Waals surface area contributed by atoms with Crippen LogP contribution in [-0.2, 0) is 16.1 Å². The van der Waals surface area contributed by atoms with Crippen LogP contribution in [0.5, 0.6) is 5.88 Å². The van der Waals surface area contributed by atoms with E-state index in [4.69, 9.17) is 5.11 Å². The molecule has 1 amide bonds. The Bertz CT molecular complexity index is 1000. The number of allylic oxidation sites excluding steroid dienone is 1. The minimum atomic E-state index is -0.939. The number of benzene rings is 1. The molecule has 0 bridgehead atoms. The summed E-state index contributed by atoms with van der Waals surface area (Å²) in [6.07, 6.45) is 3.57. The maximum absolute atomic E-state index is 12.1. The van der Waals surface area contributed by atoms with Gasteiger partial charge in [0.2, 0.25) is 11.8 Å². The van der Waals surface area contributed by atoms with Gasteiger partial charge in [0.25, 0.3) is 0 Å². The van der Waals surface area contributed by atoms with E-state index in [-0.39, 0.29) is 25.4 Å². The van der Waals surface area contributed by atoms with Gasteiger partial charge in [0.05, 0.1) is 10.6 Å². The fraction of sp³-hybridized carbons (Fsp3) is 0.222. The summed E-state index contributed by atoms with van der Waals surface area (Å²) in [5, 5.41) is 21.4. The Morgan fingerprint density at radius 3 is 2.85 bits per heavy atom. The number of carboxylic acids is 1. The number of nitrogens with one attached hydrogen (secondary N) is 1. The molecule has 0 fully saturated rings. The normalized spacial score (nSPS) is 13.7. The number of hydrogen-bond acceptors (Lipinski definition) is 6. The van der Waals surface area contributed by atoms with Gasteiger partial charge in [-0.15, -0.1) is 0 Å². The zero-order chi connectivity index (χ0) is 19.4. The van der Waals surface area contributed by atoms with Crippen LogP contribution in [0.3, 0.4) is 0 Å². The number of aliphatic imine (C=N–C) groups is 1. The zero-order valence-electron chi connectivity index (χ0n) is 14.2. The van der Waals surface area contributed by atoms with Crippen molar-refractivity contribution in [1.29, 1.82) is 0 Å². The van der Waals surface area contributed by atoms with Crippen molar-refractivity contribution in [3.63, 3.8) is 0 Å². The smallest absolute Gasteiger partial charge is 0.311 e. The minimum Gasteiger partial charge on any atom is -0.493 e. The molecule has 2 heterocycles. The van der Waals surface area contributed by atoms with Gasteiger partial charge in [0, 0.05) is 30.3 Å². The number of aromatic hydroxyl groups is 1. The lowest BCUT2D eigenvalue weighted by Crippen LogP contribution is -2.31. The first-order valence-electron chi connectivity index (χ1n) is 8.22. The van der Waals surface area contributed by atoms with Crippen molar-refractivity contribution in [2.24, 2.45) is 4.99 Å². The van der Waals surface area contributed by atoms with E-state index in [1.807, 2.05) is 24.3 Å². The number of fused-ring (bicyclic) bond motifs is 1. The van der Waals surface area contributed by atoms with E-state index in [2.05, 4.69) is 10.3 Å². The van der Waals surface area contributed by atoms with E-state index in [9.17, 15) is 19.5 Å². The predicted molar refractivity (Wildman–Crippen MR) is 103 cm³/mol. The van der Waals surface area contributed by atoms with Crippen molar-refractivity contribution in [1.82, 2.24) is 9.88 Å². The van der Waals surface area contributed by atoms with Gasteiger partial charge in [-0.05, 0) is 18.6 Å². The Morgan fingerprint density at radius 2 is 2.07 bits per heavy atom. The molecule has 3 rings (SSSR count). The molecule has 2 aromatic rings. The second kappa shape index (κ2) is 8.00. The number of carboxylic acid groups (broad SMARTS) is 1. The van der Waals surface area contributed by atoms with Crippen LogP contribution in [0.2, 0.25) is 0 Å². The number of carbonyl (C=O) groups is 2. The summed E-state index contributed by atoms with van der Waals surface area (Å²) >= 11 is 0.838. The highest BCUT2D eigenvalue weighted by Gasteiger charge is 2.17. The highest BCUT2D eigenvalue weighted by molar-refractivity contribution is 7.10. The quantitative estimate of drug-likeness (QED) is 0.626. The molecule has 140 valence electrons. The summed E-state index contributed by atoms with van der Waals surface area (Å²) in [6.45, 7) is -0.142. The third kappa shape index (κ3) is 4.32. The van der Waals surface area contributed by atoms with Gasteiger partial charge < -0.3 is 15.5 Å². The van der Waals surface area contributed by atoms with Crippen LogP contribution < -0.4 is 10.2 Å². The molecule has 0 aliphatic carbocycles. The topological polar surface area (TPSA) is 121 Å². The summed E-state index contributed by atoms with van der Waals surface area (Å²) < 4.78 is 0.988. The number of thiazole rings is 1. The molecule has 0 saturated heterocycles. The number of hydrogen-bond donors (Lipinski definition) is 3. The summed E-state index contributed by atoms with van der Waals surface area (Å²) in [5.74, 6) is -1.69. The van der Waals surface area contributed by atoms with Gasteiger partial charge >= 0.3 is 10.8 Å². The van der Waals surface area contributed by atoms with Gasteiger partial charge in [-0.3, -0.25) is 23.9 Å². The van der Waals surface area contributed by atoms with Crippen molar-refractivity contribution < 1.29 is 19.8 Å². The average molecular weight is 387 g/mol. The Kier molecular flexibility index (Phi) is 5.51. The standard InChI is InChI=1S/C18H17N3O5S/c22-15(19-7-3-6-16(23)24)10-21-17(25)14(27-18(21)26)8-11-9-20-13-5-2-1-4-12(11)13/h1-2,4-5,8-9,25H,3,6-7,10H2,(H,19,22)(H,23,24)/b11-8+. The number of aliphatic carboxylic acids is 1. The molecule has 1 aromatic carbocycles. The van der Waals surface area contributed by atoms with Gasteiger partial charge in [-0.2, -0.15) is 0 Å². The summed E-state index contributed by atoms with van der Waals surface area (Å²) in [4.78, 5) is 38.7. The first kappa shape index (κ1) is 18.6. The van der Waals surface area contributed by atoms with Crippen LogP contribution in [0.25, 0.3) is 11.6 Å². The van der Waals surface area contributed by atoms with Gasteiger partial charge in [0.15, 0.2) is 0 Å². The van der Waals surface area contributed by atoms with Gasteiger partial charge in [-0.1, -0.05) is 29.5 Å². The van der Waals surface area contributed by atoms with E-state index >= 15 is 0 Å². The lowest BCUT2D eigenvalue weighted by Gasteiger charge is -2.05. The number of amides is 1. The number of para-hydroxylation sites is 1. The molecule has 1 aromatic heterocycles. The summed E-state index contributed by atoms with van der Waals surface area (Å²) in [5.41, 5.74) is 2.49. The molecule has 1 aliphatic heterocycles. The Morgan fingerprint density at radius 1 is 1.30 bits per heavy atom. The van der Waals surface area contributed by atoms with E-state index in [1.54, 1.807) is 12.3 Å². The van der Waals surface area contributed by atoms with Crippen LogP contribution in [0.15, 0.2) is 34.1 Å². The number of nitrogens with zero attached hydrogens (tertiary/aromatic N) is 2. The summed E-state index contributed by atoms with van der Waals surface area (Å²) in [7, 11) is 0. The third-order valence-electron chi connectivity index (χ3n) is 3.93. The second-order valence-corrected chi connectivity index (χ2v) is 6.86. The lowest BCUT2D eigenvalue weighted by molar-refractivity contribution is -0.137. The Balaban J connectivity index is 1.72. The Hall–Kier alpha value is -3.20. The molecule has 0 atom stereocenters. The lowest BCUT2D eigenvalue weighted by atomic mass is 10.1. The SMILES string of the molecule is O=C(O)CCCNC(=O)Cn1c(O)c(/C=C2\C=Nc3ccccc32)sc1=O. The predicted octanol–water partition coefficient (Wildman–Crippen LogP) is 1.85. The van der Waals surface area contributed by atoms with E-state index in [0.717, 1.165) is 32.7 Å². The van der Waals surface area contributed by atoms with Crippen LogP contribution in [0.1, 0.15) is 23.3 Å². The maximum atomic E-state index is 12.1. The van der Waals surface area contributed by atoms with Crippen molar-refractivity contribution in [2.45, 2.75) is 19.4 Å². The molecule has 9 heteroatoms. The van der Waals surface area contributed by atoms with Crippen LogP contribution >= 0.6 is 11.3 Å². The molecule has 0 spiro atoms. The Labute approximate surface area is 158 Å². The fourth-order valence-corrected chi connectivity index (χ4v) is 3.45. The molecule has 0 radical (unpaired) electrons. The zero-order valence-corrected chi connectivity index (χ0v) is 15.0. The van der Waals surface area contributed by atoms with Crippen LogP contribution in [0.4, 0.5) is 5.69 Å². The molecule has 27 heavy (non-hydrogen) atoms. The van der Waals surface area contributed by atoms with E-state index in [1.165, 1.54) is 0 Å². The first-order chi connectivity index (χ1) is 13.0. The molecular formula is C18H17N3O5S. The number of aromatic nitrogens is 1. The highest BCUT2D eigenvalue weighted by atomic mass is 32.1. The average Bonchev–Trinajstić information content (AvgIpc) is 3.15. The molecule has 0 saturated carbocycles. The molecule has 3 N–H and O–H groups in total. The van der Waals surface area contributed by atoms with Crippen molar-refractivity contribution in [2.75, 3.05) is 6.54 Å². The molecule has 8 nitrogen and oxygen atoms in total. The minimum absolute atomic E-state index is 0.0509. The highest BCUT2D eigenvalue weighted by Crippen LogP contribution is 2.34. The molecule has 1 aliphatic rings. The third-order valence-corrected chi connectivity index (χ3v) is 4.84. The maximum Gasteiger partial charge on any atom is 0.311 e. The number of carbonyl (C=O) groups excluding carboxylic acids is 1. The number of rotatable bonds is 7. The second-order valence-electron chi connectivity index (χ2n) is 5.86. The van der Waals surface area contributed by atoms with E-state index < -0.39 is 16.7 Å². The van der Waals surface area contributed by atoms with Crippen LogP contribution in [-0.4, -0.2) is 39.4 Å². The monoisotopic (exact) mass is 387 g/mol. The van der Waals surface area contributed by atoms with Crippen molar-refractivity contribution in [3.05, 3.63) is 44.4 Å².